The van der Waals surface area contributed by atoms with Gasteiger partial charge in [0.05, 0.1) is 49.5 Å². The third-order valence-corrected chi connectivity index (χ3v) is 9.08. The number of morpholine rings is 1. The van der Waals surface area contributed by atoms with Crippen molar-refractivity contribution in [3.8, 4) is 11.5 Å². The number of aryl methyl sites for hydroxylation is 1. The number of benzene rings is 3. The molecule has 0 N–H and O–H groups in total. The molecule has 226 valence electrons. The van der Waals surface area contributed by atoms with Gasteiger partial charge in [0.15, 0.2) is 11.5 Å². The number of hydrogen-bond donors (Lipinski definition) is 0. The fourth-order valence-electron chi connectivity index (χ4n) is 6.65. The average molecular weight is 595 g/mol. The first-order valence-electron chi connectivity index (χ1n) is 15.0. The molecular weight excluding hydrogens is 560 g/mol. The van der Waals surface area contributed by atoms with Gasteiger partial charge in [-0.1, -0.05) is 24.3 Å². The molecule has 0 radical (unpaired) electrons. The molecule has 4 aromatic rings. The van der Waals surface area contributed by atoms with Gasteiger partial charge >= 0.3 is 0 Å². The highest BCUT2D eigenvalue weighted by atomic mass is 16.5. The largest absolute Gasteiger partial charge is 0.493 e. The lowest BCUT2D eigenvalue weighted by Crippen LogP contribution is -2.62. The lowest BCUT2D eigenvalue weighted by Gasteiger charge is -2.52. The normalized spacial score (nSPS) is 19.3. The Kier molecular flexibility index (Phi) is 7.39. The summed E-state index contributed by atoms with van der Waals surface area (Å²) < 4.78 is 18.1. The van der Waals surface area contributed by atoms with Gasteiger partial charge in [-0.2, -0.15) is 0 Å². The average Bonchev–Trinajstić information content (AvgIpc) is 3.30. The number of ether oxygens (including phenoxy) is 3. The van der Waals surface area contributed by atoms with E-state index in [0.29, 0.717) is 64.4 Å². The molecule has 7 rings (SSSR count). The molecule has 10 heteroatoms. The SMILES string of the molecule is COc1ccc(CCn2c(CCN3C(=O)c4ccccc4C3=O)nc3cc(CN4C5COCC4C5)ccc3c2=O)cc1OC. The predicted octanol–water partition coefficient (Wildman–Crippen LogP) is 3.47. The van der Waals surface area contributed by atoms with Crippen LogP contribution in [0.2, 0.25) is 0 Å². The monoisotopic (exact) mass is 594 g/mol. The van der Waals surface area contributed by atoms with Crippen LogP contribution < -0.4 is 15.0 Å². The molecular formula is C34H34N4O6. The molecule has 2 amide bonds. The van der Waals surface area contributed by atoms with E-state index in [-0.39, 0.29) is 30.3 Å². The highest BCUT2D eigenvalue weighted by molar-refractivity contribution is 6.21. The Labute approximate surface area is 254 Å². The number of carbonyl (C=O) groups excluding carboxylic acids is 2. The van der Waals surface area contributed by atoms with Gasteiger partial charge in [-0.25, -0.2) is 4.98 Å². The molecule has 3 aliphatic heterocycles. The van der Waals surface area contributed by atoms with Gasteiger partial charge in [0, 0.05) is 38.1 Å². The molecule has 44 heavy (non-hydrogen) atoms. The molecule has 2 atom stereocenters. The second-order valence-corrected chi connectivity index (χ2v) is 11.6. The van der Waals surface area contributed by atoms with Gasteiger partial charge in [0.25, 0.3) is 17.4 Å². The Balaban J connectivity index is 1.19. The summed E-state index contributed by atoms with van der Waals surface area (Å²) in [4.78, 5) is 48.8. The van der Waals surface area contributed by atoms with E-state index in [0.717, 1.165) is 30.9 Å². The Morgan fingerprint density at radius 1 is 0.818 bits per heavy atom. The highest BCUT2D eigenvalue weighted by Crippen LogP contribution is 2.33. The van der Waals surface area contributed by atoms with E-state index >= 15 is 0 Å². The number of methoxy groups -OCH3 is 2. The number of imide groups is 1. The molecule has 4 heterocycles. The number of fused-ring (bicyclic) bond motifs is 4. The molecule has 2 fully saturated rings. The lowest BCUT2D eigenvalue weighted by atomic mass is 9.90. The van der Waals surface area contributed by atoms with Gasteiger partial charge in [-0.3, -0.25) is 28.8 Å². The van der Waals surface area contributed by atoms with Crippen LogP contribution in [0.1, 0.15) is 44.1 Å². The predicted molar refractivity (Wildman–Crippen MR) is 163 cm³/mol. The maximum atomic E-state index is 14.0. The molecule has 3 aromatic carbocycles. The summed E-state index contributed by atoms with van der Waals surface area (Å²) >= 11 is 0. The van der Waals surface area contributed by atoms with E-state index < -0.39 is 0 Å². The molecule has 10 nitrogen and oxygen atoms in total. The Bertz CT molecular complexity index is 1790. The van der Waals surface area contributed by atoms with Crippen molar-refractivity contribution in [2.24, 2.45) is 0 Å². The van der Waals surface area contributed by atoms with Crippen LogP contribution in [-0.2, 0) is 30.7 Å². The quantitative estimate of drug-likeness (QED) is 0.257. The summed E-state index contributed by atoms with van der Waals surface area (Å²) in [5, 5.41) is 0.540. The van der Waals surface area contributed by atoms with E-state index in [1.165, 1.54) is 11.3 Å². The van der Waals surface area contributed by atoms with Crippen molar-refractivity contribution < 1.29 is 23.8 Å². The maximum absolute atomic E-state index is 14.0. The number of nitrogens with zero attached hydrogens (tertiary/aromatic N) is 4. The van der Waals surface area contributed by atoms with E-state index in [9.17, 15) is 14.4 Å². The minimum atomic E-state index is -0.322. The molecule has 3 aliphatic rings. The zero-order valence-corrected chi connectivity index (χ0v) is 24.8. The number of amides is 2. The molecule has 1 aromatic heterocycles. The van der Waals surface area contributed by atoms with Crippen molar-refractivity contribution in [2.75, 3.05) is 34.0 Å². The van der Waals surface area contributed by atoms with Crippen LogP contribution in [0.3, 0.4) is 0 Å². The van der Waals surface area contributed by atoms with Gasteiger partial charge in [0.2, 0.25) is 0 Å². The number of rotatable bonds is 10. The minimum absolute atomic E-state index is 0.123. The Morgan fingerprint density at radius 2 is 1.52 bits per heavy atom. The van der Waals surface area contributed by atoms with Crippen LogP contribution in [0, 0.1) is 0 Å². The Morgan fingerprint density at radius 3 is 2.20 bits per heavy atom. The van der Waals surface area contributed by atoms with Crippen molar-refractivity contribution in [1.29, 1.82) is 0 Å². The Hall–Kier alpha value is -4.54. The van der Waals surface area contributed by atoms with Crippen molar-refractivity contribution in [3.63, 3.8) is 0 Å². The maximum Gasteiger partial charge on any atom is 0.261 e. The molecule has 0 aliphatic carbocycles. The van der Waals surface area contributed by atoms with Gasteiger partial charge < -0.3 is 14.2 Å². The molecule has 2 unspecified atom stereocenters. The highest BCUT2D eigenvalue weighted by Gasteiger charge is 2.42. The summed E-state index contributed by atoms with van der Waals surface area (Å²) in [6, 6.07) is 19.3. The van der Waals surface area contributed by atoms with Gasteiger partial charge in [-0.15, -0.1) is 0 Å². The van der Waals surface area contributed by atoms with E-state index in [1.807, 2.05) is 36.4 Å². The first-order chi connectivity index (χ1) is 21.4. The summed E-state index contributed by atoms with van der Waals surface area (Å²) in [5.74, 6) is 1.14. The van der Waals surface area contributed by atoms with E-state index in [2.05, 4.69) is 4.90 Å². The van der Waals surface area contributed by atoms with Crippen LogP contribution in [0.4, 0.5) is 0 Å². The molecule has 2 saturated heterocycles. The van der Waals surface area contributed by atoms with Crippen molar-refractivity contribution in [3.05, 3.63) is 99.1 Å². The zero-order chi connectivity index (χ0) is 30.4. The van der Waals surface area contributed by atoms with Gasteiger partial charge in [-0.05, 0) is 60.4 Å². The summed E-state index contributed by atoms with van der Waals surface area (Å²) in [7, 11) is 3.18. The fourth-order valence-corrected chi connectivity index (χ4v) is 6.65. The molecule has 2 bridgehead atoms. The molecule has 0 spiro atoms. The van der Waals surface area contributed by atoms with E-state index in [4.69, 9.17) is 19.2 Å². The lowest BCUT2D eigenvalue weighted by molar-refractivity contribution is -0.131. The first kappa shape index (κ1) is 28.2. The third kappa shape index (κ3) is 4.93. The van der Waals surface area contributed by atoms with Gasteiger partial charge in [0.1, 0.15) is 5.82 Å². The van der Waals surface area contributed by atoms with Crippen LogP contribution >= 0.6 is 0 Å². The summed E-state index contributed by atoms with van der Waals surface area (Å²) in [6.07, 6.45) is 1.96. The fraction of sp³-hybridized carbons (Fsp3) is 0.353. The van der Waals surface area contributed by atoms with Crippen LogP contribution in [0.15, 0.2) is 65.5 Å². The topological polar surface area (TPSA) is 103 Å². The first-order valence-corrected chi connectivity index (χ1v) is 15.0. The second kappa shape index (κ2) is 11.5. The van der Waals surface area contributed by atoms with Crippen molar-refractivity contribution >= 4 is 22.7 Å². The van der Waals surface area contributed by atoms with Crippen LogP contribution in [0.25, 0.3) is 10.9 Å². The van der Waals surface area contributed by atoms with Crippen LogP contribution in [-0.4, -0.2) is 77.2 Å². The van der Waals surface area contributed by atoms with Crippen LogP contribution in [0.5, 0.6) is 11.5 Å². The number of aromatic nitrogens is 2. The summed E-state index contributed by atoms with van der Waals surface area (Å²) in [6.45, 7) is 2.79. The number of carbonyl (C=O) groups is 2. The van der Waals surface area contributed by atoms with Crippen molar-refractivity contribution in [1.82, 2.24) is 19.4 Å². The zero-order valence-electron chi connectivity index (χ0n) is 24.8. The number of hydrogen-bond acceptors (Lipinski definition) is 8. The van der Waals surface area contributed by atoms with E-state index in [1.54, 1.807) is 43.1 Å². The summed E-state index contributed by atoms with van der Waals surface area (Å²) in [5.41, 5.74) is 3.35. The second-order valence-electron chi connectivity index (χ2n) is 11.6. The smallest absolute Gasteiger partial charge is 0.261 e. The third-order valence-electron chi connectivity index (χ3n) is 9.08. The molecule has 0 saturated carbocycles. The standard InChI is InChI=1S/C34H34N4O6/c1-42-29-10-8-21(16-30(29)43-2)11-13-36-31(12-14-37-32(39)25-5-3-4-6-26(25)33(37)40)35-28-15-22(7-9-27(28)34(36)41)18-38-23-17-24(38)20-44-19-23/h3-10,15-16,23-24H,11-14,17-20H2,1-2H3. The minimum Gasteiger partial charge on any atom is -0.493 e. The van der Waals surface area contributed by atoms with Crippen molar-refractivity contribution in [2.45, 2.75) is 44.4 Å².